The second-order valence-electron chi connectivity index (χ2n) is 5.62. The van der Waals surface area contributed by atoms with Gasteiger partial charge in [-0.25, -0.2) is 0 Å². The average Bonchev–Trinajstić information content (AvgIpc) is 2.46. The quantitative estimate of drug-likeness (QED) is 0.897. The number of carbonyl (C=O) groups excluding carboxylic acids is 1. The van der Waals surface area contributed by atoms with Gasteiger partial charge in [-0.15, -0.1) is 12.4 Å². The first kappa shape index (κ1) is 17.0. The maximum absolute atomic E-state index is 12.0. The van der Waals surface area contributed by atoms with Crippen molar-refractivity contribution in [1.82, 2.24) is 10.6 Å². The lowest BCUT2D eigenvalue weighted by molar-refractivity contribution is -0.123. The van der Waals surface area contributed by atoms with E-state index >= 15 is 0 Å². The molecular weight excluding hydrogens is 272 g/mol. The van der Waals surface area contributed by atoms with E-state index in [9.17, 15) is 4.79 Å². The van der Waals surface area contributed by atoms with Gasteiger partial charge in [0.25, 0.3) is 0 Å². The van der Waals surface area contributed by atoms with E-state index in [1.807, 2.05) is 0 Å². The summed E-state index contributed by atoms with van der Waals surface area (Å²) in [6.07, 6.45) is 3.28. The van der Waals surface area contributed by atoms with Gasteiger partial charge in [0.2, 0.25) is 5.91 Å². The summed E-state index contributed by atoms with van der Waals surface area (Å²) in [5, 5.41) is 6.28. The highest BCUT2D eigenvalue weighted by Gasteiger charge is 2.19. The molecule has 1 aliphatic heterocycles. The smallest absolute Gasteiger partial charge is 0.237 e. The van der Waals surface area contributed by atoms with Crippen LogP contribution in [-0.4, -0.2) is 18.5 Å². The van der Waals surface area contributed by atoms with Crippen molar-refractivity contribution < 1.29 is 4.79 Å². The molecule has 0 saturated carbocycles. The van der Waals surface area contributed by atoms with Crippen LogP contribution in [0.15, 0.2) is 24.3 Å². The zero-order valence-corrected chi connectivity index (χ0v) is 13.1. The van der Waals surface area contributed by atoms with Crippen LogP contribution in [-0.2, 0) is 11.3 Å². The number of carbonyl (C=O) groups is 1. The van der Waals surface area contributed by atoms with Gasteiger partial charge >= 0.3 is 0 Å². The standard InChI is InChI=1S/C16H24N2O.ClH/c1-12(2)14-8-6-13(7-9-14)11-18-16(19)15-5-3-4-10-17-15;/h6-9,12,15,17H,3-5,10-11H2,1-2H3,(H,18,19);1H. The Kier molecular flexibility index (Phi) is 7.03. The van der Waals surface area contributed by atoms with Crippen LogP contribution >= 0.6 is 12.4 Å². The van der Waals surface area contributed by atoms with Gasteiger partial charge in [0, 0.05) is 6.54 Å². The summed E-state index contributed by atoms with van der Waals surface area (Å²) < 4.78 is 0. The van der Waals surface area contributed by atoms with Crippen LogP contribution in [0, 0.1) is 0 Å². The third-order valence-electron chi connectivity index (χ3n) is 3.74. The Labute approximate surface area is 127 Å². The van der Waals surface area contributed by atoms with Crippen molar-refractivity contribution in [2.45, 2.75) is 51.6 Å². The van der Waals surface area contributed by atoms with Crippen molar-refractivity contribution in [3.63, 3.8) is 0 Å². The number of rotatable bonds is 4. The Morgan fingerprint density at radius 2 is 2.00 bits per heavy atom. The van der Waals surface area contributed by atoms with E-state index < -0.39 is 0 Å². The molecule has 0 aromatic heterocycles. The normalized spacial score (nSPS) is 18.4. The van der Waals surface area contributed by atoms with Crippen LogP contribution in [0.2, 0.25) is 0 Å². The van der Waals surface area contributed by atoms with Gasteiger partial charge in [-0.3, -0.25) is 4.79 Å². The molecule has 1 amide bonds. The lowest BCUT2D eigenvalue weighted by atomic mass is 10.0. The SMILES string of the molecule is CC(C)c1ccc(CNC(=O)C2CCCCN2)cc1.Cl. The van der Waals surface area contributed by atoms with Crippen molar-refractivity contribution in [3.05, 3.63) is 35.4 Å². The first-order valence-electron chi connectivity index (χ1n) is 7.27. The first-order valence-corrected chi connectivity index (χ1v) is 7.27. The lowest BCUT2D eigenvalue weighted by Gasteiger charge is -2.22. The molecule has 1 atom stereocenters. The molecule has 1 aliphatic rings. The fourth-order valence-electron chi connectivity index (χ4n) is 2.41. The third kappa shape index (κ3) is 4.80. The van der Waals surface area contributed by atoms with Crippen molar-refractivity contribution in [2.24, 2.45) is 0 Å². The van der Waals surface area contributed by atoms with Gasteiger partial charge in [0.1, 0.15) is 0 Å². The summed E-state index contributed by atoms with van der Waals surface area (Å²) in [6, 6.07) is 8.49. The topological polar surface area (TPSA) is 41.1 Å². The second kappa shape index (κ2) is 8.28. The minimum Gasteiger partial charge on any atom is -0.351 e. The van der Waals surface area contributed by atoms with Crippen molar-refractivity contribution in [2.75, 3.05) is 6.54 Å². The molecule has 1 unspecified atom stereocenters. The zero-order chi connectivity index (χ0) is 13.7. The number of piperidine rings is 1. The Hall–Kier alpha value is -1.06. The Balaban J connectivity index is 0.00000200. The number of hydrogen-bond donors (Lipinski definition) is 2. The number of halogens is 1. The summed E-state index contributed by atoms with van der Waals surface area (Å²) in [6.45, 7) is 5.95. The molecule has 0 spiro atoms. The van der Waals surface area contributed by atoms with Gasteiger partial charge < -0.3 is 10.6 Å². The summed E-state index contributed by atoms with van der Waals surface area (Å²) in [5.74, 6) is 0.683. The molecule has 2 rings (SSSR count). The van der Waals surface area contributed by atoms with Gasteiger partial charge in [-0.2, -0.15) is 0 Å². The van der Waals surface area contributed by atoms with E-state index in [1.54, 1.807) is 0 Å². The second-order valence-corrected chi connectivity index (χ2v) is 5.62. The number of benzene rings is 1. The summed E-state index contributed by atoms with van der Waals surface area (Å²) >= 11 is 0. The van der Waals surface area contributed by atoms with Crippen LogP contribution in [0.25, 0.3) is 0 Å². The molecule has 0 radical (unpaired) electrons. The summed E-state index contributed by atoms with van der Waals surface area (Å²) in [5.41, 5.74) is 2.50. The van der Waals surface area contributed by atoms with Gasteiger partial charge in [-0.1, -0.05) is 44.5 Å². The predicted molar refractivity (Wildman–Crippen MR) is 85.3 cm³/mol. The summed E-state index contributed by atoms with van der Waals surface area (Å²) in [7, 11) is 0. The molecule has 1 aromatic carbocycles. The molecular formula is C16H25ClN2O. The monoisotopic (exact) mass is 296 g/mol. The number of amides is 1. The molecule has 2 N–H and O–H groups in total. The minimum absolute atomic E-state index is 0. The van der Waals surface area contributed by atoms with Crippen LogP contribution in [0.1, 0.15) is 50.2 Å². The maximum atomic E-state index is 12.0. The highest BCUT2D eigenvalue weighted by molar-refractivity contribution is 5.85. The van der Waals surface area contributed by atoms with E-state index in [2.05, 4.69) is 48.7 Å². The molecule has 20 heavy (non-hydrogen) atoms. The molecule has 112 valence electrons. The largest absolute Gasteiger partial charge is 0.351 e. The lowest BCUT2D eigenvalue weighted by Crippen LogP contribution is -2.46. The van der Waals surface area contributed by atoms with Crippen LogP contribution < -0.4 is 10.6 Å². The van der Waals surface area contributed by atoms with E-state index in [0.717, 1.165) is 24.9 Å². The Morgan fingerprint density at radius 3 is 2.55 bits per heavy atom. The molecule has 1 saturated heterocycles. The highest BCUT2D eigenvalue weighted by atomic mass is 35.5. The highest BCUT2D eigenvalue weighted by Crippen LogP contribution is 2.14. The van der Waals surface area contributed by atoms with Crippen LogP contribution in [0.5, 0.6) is 0 Å². The maximum Gasteiger partial charge on any atom is 0.237 e. The third-order valence-corrected chi connectivity index (χ3v) is 3.74. The molecule has 0 bridgehead atoms. The van der Waals surface area contributed by atoms with Crippen LogP contribution in [0.3, 0.4) is 0 Å². The molecule has 1 aromatic rings. The summed E-state index contributed by atoms with van der Waals surface area (Å²) in [4.78, 5) is 12.0. The average molecular weight is 297 g/mol. The van der Waals surface area contributed by atoms with Gasteiger partial charge in [-0.05, 0) is 36.4 Å². The van der Waals surface area contributed by atoms with Crippen LogP contribution in [0.4, 0.5) is 0 Å². The van der Waals surface area contributed by atoms with Gasteiger partial charge in [0.05, 0.1) is 6.04 Å². The Bertz CT molecular complexity index is 411. The molecule has 3 nitrogen and oxygen atoms in total. The number of nitrogens with one attached hydrogen (secondary N) is 2. The van der Waals surface area contributed by atoms with E-state index in [1.165, 1.54) is 12.0 Å². The minimum atomic E-state index is 0. The molecule has 4 heteroatoms. The van der Waals surface area contributed by atoms with Crippen molar-refractivity contribution in [1.29, 1.82) is 0 Å². The number of hydrogen-bond acceptors (Lipinski definition) is 2. The Morgan fingerprint density at radius 1 is 1.30 bits per heavy atom. The molecule has 1 heterocycles. The fourth-order valence-corrected chi connectivity index (χ4v) is 2.41. The zero-order valence-electron chi connectivity index (χ0n) is 12.3. The van der Waals surface area contributed by atoms with Crippen molar-refractivity contribution in [3.8, 4) is 0 Å². The van der Waals surface area contributed by atoms with E-state index in [4.69, 9.17) is 0 Å². The van der Waals surface area contributed by atoms with Crippen molar-refractivity contribution >= 4 is 18.3 Å². The first-order chi connectivity index (χ1) is 9.16. The van der Waals surface area contributed by atoms with Gasteiger partial charge in [0.15, 0.2) is 0 Å². The van der Waals surface area contributed by atoms with E-state index in [0.29, 0.717) is 12.5 Å². The predicted octanol–water partition coefficient (Wildman–Crippen LogP) is 2.99. The van der Waals surface area contributed by atoms with E-state index in [-0.39, 0.29) is 24.4 Å². The fraction of sp³-hybridized carbons (Fsp3) is 0.562. The molecule has 1 fully saturated rings. The molecule has 0 aliphatic carbocycles.